The molecule has 0 aliphatic rings. The van der Waals surface area contributed by atoms with Crippen LogP contribution < -0.4 is 9.88 Å². The first kappa shape index (κ1) is 18.8. The van der Waals surface area contributed by atoms with Crippen molar-refractivity contribution in [2.75, 3.05) is 6.61 Å². The zero-order valence-corrected chi connectivity index (χ0v) is 13.2. The van der Waals surface area contributed by atoms with Crippen LogP contribution in [0.3, 0.4) is 0 Å². The van der Waals surface area contributed by atoms with Crippen LogP contribution in [-0.2, 0) is 11.0 Å². The second-order valence-corrected chi connectivity index (χ2v) is 7.30. The number of nitrogens with two attached hydrogens (primary N) is 1. The molecule has 0 aromatic carbocycles. The Morgan fingerprint density at radius 3 is 2.45 bits per heavy atom. The summed E-state index contributed by atoms with van der Waals surface area (Å²) in [5.41, 5.74) is 0.0675. The Kier molecular flexibility index (Phi) is 5.91. The summed E-state index contributed by atoms with van der Waals surface area (Å²) < 4.78 is 65.1. The molecule has 0 fully saturated rings. The molecule has 0 saturated carbocycles. The molecule has 0 aliphatic heterocycles. The maximum Gasteiger partial charge on any atom is 0.422 e. The van der Waals surface area contributed by atoms with Crippen LogP contribution in [0.25, 0.3) is 0 Å². The predicted molar refractivity (Wildman–Crippen MR) is 75.2 cm³/mol. The Morgan fingerprint density at radius 2 is 2.00 bits per heavy atom. The number of aromatic nitrogens is 1. The molecule has 0 bridgehead atoms. The molecule has 4 nitrogen and oxygen atoms in total. The predicted octanol–water partition coefficient (Wildman–Crippen LogP) is 3.06. The molecular weight excluding hydrogens is 324 g/mol. The lowest BCUT2D eigenvalue weighted by molar-refractivity contribution is -0.153. The second-order valence-electron chi connectivity index (χ2n) is 5.60. The first-order valence-corrected chi connectivity index (χ1v) is 7.65. The van der Waals surface area contributed by atoms with Crippen molar-refractivity contribution in [1.82, 2.24) is 4.98 Å². The van der Waals surface area contributed by atoms with E-state index in [0.717, 1.165) is 12.3 Å². The smallest absolute Gasteiger partial charge is 0.422 e. The standard InChI is InChI=1S/C13H18F4N2O2S/c1-8(5-12(2,3)22(18)20)11-10(14)4-9(6-19-11)21-7-13(15,16)17/h4,6,8H,5,7,18H2,1-3H3/t8-,22?/m1/s1. The molecule has 9 heteroatoms. The lowest BCUT2D eigenvalue weighted by Crippen LogP contribution is -2.33. The SMILES string of the molecule is C[C@H](CC(C)(C)S(N)=O)c1ncc(OCC(F)(F)F)cc1F. The van der Waals surface area contributed by atoms with Gasteiger partial charge in [-0.3, -0.25) is 10.1 Å². The Hall–Kier alpha value is -1.22. The van der Waals surface area contributed by atoms with Gasteiger partial charge in [-0.25, -0.2) is 8.60 Å². The molecule has 0 amide bonds. The van der Waals surface area contributed by atoms with Crippen molar-refractivity contribution in [3.63, 3.8) is 0 Å². The van der Waals surface area contributed by atoms with Crippen molar-refractivity contribution in [3.05, 3.63) is 23.8 Å². The van der Waals surface area contributed by atoms with Gasteiger partial charge >= 0.3 is 6.18 Å². The number of ether oxygens (including phenoxy) is 1. The largest absolute Gasteiger partial charge is 0.482 e. The van der Waals surface area contributed by atoms with Crippen molar-refractivity contribution in [3.8, 4) is 5.75 Å². The van der Waals surface area contributed by atoms with E-state index in [1.54, 1.807) is 20.8 Å². The molecular formula is C13H18F4N2O2S. The average molecular weight is 342 g/mol. The minimum absolute atomic E-state index is 0.0675. The molecule has 2 atom stereocenters. The highest BCUT2D eigenvalue weighted by Crippen LogP contribution is 2.30. The van der Waals surface area contributed by atoms with Gasteiger partial charge in [0, 0.05) is 12.0 Å². The number of rotatable bonds is 6. The van der Waals surface area contributed by atoms with Crippen LogP contribution in [0.15, 0.2) is 12.3 Å². The zero-order valence-electron chi connectivity index (χ0n) is 12.4. The van der Waals surface area contributed by atoms with Gasteiger partial charge in [0.15, 0.2) is 6.61 Å². The Labute approximate surface area is 128 Å². The van der Waals surface area contributed by atoms with Gasteiger partial charge in [-0.1, -0.05) is 6.92 Å². The highest BCUT2D eigenvalue weighted by atomic mass is 32.2. The third-order valence-corrected chi connectivity index (χ3v) is 4.31. The topological polar surface area (TPSA) is 65.2 Å². The molecule has 0 aliphatic carbocycles. The van der Waals surface area contributed by atoms with Crippen LogP contribution >= 0.6 is 0 Å². The fraction of sp³-hybridized carbons (Fsp3) is 0.615. The van der Waals surface area contributed by atoms with E-state index in [-0.39, 0.29) is 11.4 Å². The third kappa shape index (κ3) is 5.53. The number of nitrogens with zero attached hydrogens (tertiary/aromatic N) is 1. The lowest BCUT2D eigenvalue weighted by Gasteiger charge is -2.25. The number of alkyl halides is 3. The molecule has 22 heavy (non-hydrogen) atoms. The van der Waals surface area contributed by atoms with Gasteiger partial charge in [0.25, 0.3) is 0 Å². The monoisotopic (exact) mass is 342 g/mol. The second kappa shape index (κ2) is 6.91. The summed E-state index contributed by atoms with van der Waals surface area (Å²) in [5.74, 6) is -1.47. The van der Waals surface area contributed by atoms with Crippen LogP contribution in [0, 0.1) is 5.82 Å². The van der Waals surface area contributed by atoms with Crippen LogP contribution in [-0.4, -0.2) is 26.7 Å². The van der Waals surface area contributed by atoms with Crippen molar-refractivity contribution >= 4 is 11.0 Å². The number of hydrogen-bond acceptors (Lipinski definition) is 3. The van der Waals surface area contributed by atoms with Crippen LogP contribution in [0.1, 0.15) is 38.8 Å². The molecule has 1 aromatic heterocycles. The van der Waals surface area contributed by atoms with Crippen LogP contribution in [0.5, 0.6) is 5.75 Å². The zero-order chi connectivity index (χ0) is 17.1. The molecule has 1 unspecified atom stereocenters. The van der Waals surface area contributed by atoms with E-state index in [1.165, 1.54) is 0 Å². The van der Waals surface area contributed by atoms with Gasteiger partial charge in [0.05, 0.1) is 27.6 Å². The Bertz CT molecular complexity index is 549. The number of hydrogen-bond donors (Lipinski definition) is 1. The van der Waals surface area contributed by atoms with Gasteiger partial charge in [0.2, 0.25) is 0 Å². The van der Waals surface area contributed by atoms with E-state index in [9.17, 15) is 21.8 Å². The summed E-state index contributed by atoms with van der Waals surface area (Å²) in [6.45, 7) is 3.52. The van der Waals surface area contributed by atoms with Gasteiger partial charge in [-0.2, -0.15) is 13.2 Å². The lowest BCUT2D eigenvalue weighted by atomic mass is 9.94. The Balaban J connectivity index is 2.83. The minimum Gasteiger partial charge on any atom is -0.482 e. The van der Waals surface area contributed by atoms with E-state index in [0.29, 0.717) is 6.42 Å². The van der Waals surface area contributed by atoms with Crippen molar-refractivity contribution in [2.24, 2.45) is 5.14 Å². The van der Waals surface area contributed by atoms with Crippen LogP contribution in [0.4, 0.5) is 17.6 Å². The summed E-state index contributed by atoms with van der Waals surface area (Å²) in [6, 6.07) is 0.858. The highest BCUT2D eigenvalue weighted by molar-refractivity contribution is 7.84. The third-order valence-electron chi connectivity index (χ3n) is 3.06. The molecule has 0 radical (unpaired) electrons. The molecule has 2 N–H and O–H groups in total. The maximum atomic E-state index is 14.0. The van der Waals surface area contributed by atoms with Crippen molar-refractivity contribution in [1.29, 1.82) is 0 Å². The molecule has 0 saturated heterocycles. The average Bonchev–Trinajstić information content (AvgIpc) is 2.34. The first-order valence-electron chi connectivity index (χ1n) is 6.43. The molecule has 0 spiro atoms. The normalized spacial score (nSPS) is 15.5. The van der Waals surface area contributed by atoms with Crippen molar-refractivity contribution in [2.45, 2.75) is 44.0 Å². The first-order chi connectivity index (χ1) is 9.92. The molecule has 1 aromatic rings. The van der Waals surface area contributed by atoms with E-state index in [2.05, 4.69) is 9.72 Å². The maximum absolute atomic E-state index is 14.0. The van der Waals surface area contributed by atoms with Crippen LogP contribution in [0.2, 0.25) is 0 Å². The number of halogens is 4. The van der Waals surface area contributed by atoms with Gasteiger partial charge in [-0.05, 0) is 20.3 Å². The number of pyridine rings is 1. The van der Waals surface area contributed by atoms with E-state index in [4.69, 9.17) is 5.14 Å². The van der Waals surface area contributed by atoms with E-state index < -0.39 is 40.3 Å². The molecule has 126 valence electrons. The summed E-state index contributed by atoms with van der Waals surface area (Å²) in [4.78, 5) is 3.82. The van der Waals surface area contributed by atoms with E-state index in [1.807, 2.05) is 0 Å². The highest BCUT2D eigenvalue weighted by Gasteiger charge is 2.30. The van der Waals surface area contributed by atoms with E-state index >= 15 is 0 Å². The molecule has 1 heterocycles. The summed E-state index contributed by atoms with van der Waals surface area (Å²) in [6.07, 6.45) is -3.16. The van der Waals surface area contributed by atoms with Crippen molar-refractivity contribution < 1.29 is 26.5 Å². The van der Waals surface area contributed by atoms with Gasteiger partial charge in [-0.15, -0.1) is 0 Å². The fourth-order valence-corrected chi connectivity index (χ4v) is 2.37. The summed E-state index contributed by atoms with van der Waals surface area (Å²) in [5, 5.41) is 5.37. The Morgan fingerprint density at radius 1 is 1.41 bits per heavy atom. The van der Waals surface area contributed by atoms with Gasteiger partial charge in [0.1, 0.15) is 11.6 Å². The molecule has 1 rings (SSSR count). The fourth-order valence-electron chi connectivity index (χ4n) is 1.95. The minimum atomic E-state index is -4.50. The quantitative estimate of drug-likeness (QED) is 0.808. The summed E-state index contributed by atoms with van der Waals surface area (Å²) in [7, 11) is -1.59. The van der Waals surface area contributed by atoms with Gasteiger partial charge < -0.3 is 4.74 Å². The summed E-state index contributed by atoms with van der Waals surface area (Å²) >= 11 is 0.